The van der Waals surface area contributed by atoms with Crippen LogP contribution in [0, 0.1) is 11.3 Å². The SMILES string of the molecule is COC1CCC(CN2CCN(C3CC4(CCN(c5ccc(C(N)=O)cc5)CC4)C3)C(c3ccccc3C(C)C)C2)CC1. The van der Waals surface area contributed by atoms with Crippen LogP contribution in [-0.2, 0) is 4.74 Å². The molecule has 1 atom stereocenters. The van der Waals surface area contributed by atoms with Gasteiger partial charge in [-0.25, -0.2) is 0 Å². The van der Waals surface area contributed by atoms with Gasteiger partial charge in [0, 0.05) is 69.7 Å². The summed E-state index contributed by atoms with van der Waals surface area (Å²) in [4.78, 5) is 19.7. The number of nitrogens with two attached hydrogens (primary N) is 1. The number of anilines is 1. The van der Waals surface area contributed by atoms with Crippen LogP contribution < -0.4 is 10.6 Å². The Bertz CT molecular complexity index is 1190. The van der Waals surface area contributed by atoms with E-state index in [0.29, 0.717) is 35.1 Å². The number of amides is 1. The van der Waals surface area contributed by atoms with Crippen molar-refractivity contribution < 1.29 is 9.53 Å². The fraction of sp³-hybridized carbons (Fsp3) is 0.639. The van der Waals surface area contributed by atoms with E-state index in [9.17, 15) is 4.79 Å². The van der Waals surface area contributed by atoms with E-state index >= 15 is 0 Å². The third kappa shape index (κ3) is 6.27. The van der Waals surface area contributed by atoms with Crippen LogP contribution in [0.25, 0.3) is 0 Å². The van der Waals surface area contributed by atoms with Gasteiger partial charge in [0.15, 0.2) is 0 Å². The Labute approximate surface area is 253 Å². The molecule has 0 aromatic heterocycles. The van der Waals surface area contributed by atoms with Crippen LogP contribution in [0.3, 0.4) is 0 Å². The monoisotopic (exact) mass is 572 g/mol. The van der Waals surface area contributed by atoms with Crippen LogP contribution in [0.2, 0.25) is 0 Å². The molecule has 2 saturated carbocycles. The maximum Gasteiger partial charge on any atom is 0.248 e. The second-order valence-corrected chi connectivity index (χ2v) is 14.1. The van der Waals surface area contributed by atoms with Crippen molar-refractivity contribution in [3.63, 3.8) is 0 Å². The summed E-state index contributed by atoms with van der Waals surface area (Å²) in [6.45, 7) is 11.7. The molecule has 2 aliphatic heterocycles. The van der Waals surface area contributed by atoms with Gasteiger partial charge in [-0.2, -0.15) is 0 Å². The van der Waals surface area contributed by atoms with Crippen molar-refractivity contribution in [1.29, 1.82) is 0 Å². The van der Waals surface area contributed by atoms with Crippen LogP contribution in [0.4, 0.5) is 5.69 Å². The number of carbonyl (C=O) groups excluding carboxylic acids is 1. The van der Waals surface area contributed by atoms with Crippen LogP contribution in [-0.4, -0.2) is 74.2 Å². The molecule has 1 amide bonds. The highest BCUT2D eigenvalue weighted by molar-refractivity contribution is 5.93. The number of piperidine rings is 1. The van der Waals surface area contributed by atoms with Crippen molar-refractivity contribution in [1.82, 2.24) is 9.80 Å². The molecule has 42 heavy (non-hydrogen) atoms. The molecular weight excluding hydrogens is 520 g/mol. The largest absolute Gasteiger partial charge is 0.381 e. The minimum absolute atomic E-state index is 0.357. The smallest absolute Gasteiger partial charge is 0.248 e. The molecule has 4 aliphatic rings. The lowest BCUT2D eigenvalue weighted by molar-refractivity contribution is -0.0645. The average molecular weight is 573 g/mol. The summed E-state index contributed by atoms with van der Waals surface area (Å²) >= 11 is 0. The molecule has 1 spiro atoms. The summed E-state index contributed by atoms with van der Waals surface area (Å²) in [5.41, 5.74) is 10.8. The molecule has 6 heteroatoms. The first-order valence-electron chi connectivity index (χ1n) is 16.6. The third-order valence-corrected chi connectivity index (χ3v) is 11.3. The second kappa shape index (κ2) is 12.7. The summed E-state index contributed by atoms with van der Waals surface area (Å²) in [6.07, 6.45) is 10.7. The van der Waals surface area contributed by atoms with E-state index in [1.165, 1.54) is 82.3 Å². The summed E-state index contributed by atoms with van der Waals surface area (Å²) < 4.78 is 5.65. The molecule has 2 saturated heterocycles. The Hall–Kier alpha value is -2.41. The van der Waals surface area contributed by atoms with E-state index in [0.717, 1.165) is 25.6 Å². The number of piperazine rings is 1. The van der Waals surface area contributed by atoms with E-state index in [-0.39, 0.29) is 5.91 Å². The Kier molecular flexibility index (Phi) is 8.95. The van der Waals surface area contributed by atoms with Gasteiger partial charge in [0.05, 0.1) is 6.10 Å². The van der Waals surface area contributed by atoms with Gasteiger partial charge in [0.25, 0.3) is 0 Å². The van der Waals surface area contributed by atoms with Crippen molar-refractivity contribution in [2.24, 2.45) is 17.1 Å². The highest BCUT2D eigenvalue weighted by atomic mass is 16.5. The van der Waals surface area contributed by atoms with Gasteiger partial charge < -0.3 is 15.4 Å². The molecule has 2 heterocycles. The van der Waals surface area contributed by atoms with Gasteiger partial charge in [-0.15, -0.1) is 0 Å². The van der Waals surface area contributed by atoms with E-state index < -0.39 is 0 Å². The molecule has 2 N–H and O–H groups in total. The van der Waals surface area contributed by atoms with Gasteiger partial charge in [-0.1, -0.05) is 38.1 Å². The predicted molar refractivity (Wildman–Crippen MR) is 171 cm³/mol. The van der Waals surface area contributed by atoms with Crippen LogP contribution >= 0.6 is 0 Å². The number of benzene rings is 2. The molecule has 0 bridgehead atoms. The Morgan fingerprint density at radius 3 is 2.29 bits per heavy atom. The Balaban J connectivity index is 1.10. The highest BCUT2D eigenvalue weighted by Crippen LogP contribution is 2.53. The molecule has 2 aromatic rings. The summed E-state index contributed by atoms with van der Waals surface area (Å²) in [7, 11) is 1.88. The zero-order valence-electron chi connectivity index (χ0n) is 26.1. The van der Waals surface area contributed by atoms with E-state index in [4.69, 9.17) is 10.5 Å². The number of primary amides is 1. The second-order valence-electron chi connectivity index (χ2n) is 14.1. The zero-order chi connectivity index (χ0) is 29.3. The maximum absolute atomic E-state index is 11.5. The van der Waals surface area contributed by atoms with Gasteiger partial charge in [0.1, 0.15) is 0 Å². The lowest BCUT2D eigenvalue weighted by Crippen LogP contribution is -2.60. The number of carbonyl (C=O) groups is 1. The van der Waals surface area contributed by atoms with Crippen molar-refractivity contribution in [2.45, 2.75) is 89.3 Å². The first-order chi connectivity index (χ1) is 20.3. The van der Waals surface area contributed by atoms with Gasteiger partial charge in [-0.05, 0) is 104 Å². The highest BCUT2D eigenvalue weighted by Gasteiger charge is 2.50. The standard InChI is InChI=1S/C36H52N4O2/c1-26(2)32-6-4-5-7-33(32)34-25-38(24-27-8-14-31(42-3)15-9-27)20-21-40(34)30-22-36(23-30)16-18-39(19-17-36)29-12-10-28(11-13-29)35(37)41/h4-7,10-13,26-27,30-31,34H,8-9,14-25H2,1-3H3,(H2,37,41). The van der Waals surface area contributed by atoms with Gasteiger partial charge in [0.2, 0.25) is 5.91 Å². The average Bonchev–Trinajstić information content (AvgIpc) is 3.00. The molecule has 6 rings (SSSR count). The molecule has 6 nitrogen and oxygen atoms in total. The van der Waals surface area contributed by atoms with Gasteiger partial charge in [-0.3, -0.25) is 14.6 Å². The number of methoxy groups -OCH3 is 1. The predicted octanol–water partition coefficient (Wildman–Crippen LogP) is 6.22. The fourth-order valence-corrected chi connectivity index (χ4v) is 8.65. The molecule has 4 fully saturated rings. The van der Waals surface area contributed by atoms with E-state index in [1.54, 1.807) is 5.56 Å². The van der Waals surface area contributed by atoms with Crippen molar-refractivity contribution in [3.05, 3.63) is 65.2 Å². The summed E-state index contributed by atoms with van der Waals surface area (Å²) in [5.74, 6) is 0.994. The lowest BCUT2D eigenvalue weighted by Gasteiger charge is -2.58. The number of hydrogen-bond acceptors (Lipinski definition) is 5. The first-order valence-corrected chi connectivity index (χ1v) is 16.6. The molecule has 2 aromatic carbocycles. The molecule has 228 valence electrons. The third-order valence-electron chi connectivity index (χ3n) is 11.3. The van der Waals surface area contributed by atoms with Gasteiger partial charge >= 0.3 is 0 Å². The normalized spacial score (nSPS) is 27.3. The number of hydrogen-bond donors (Lipinski definition) is 1. The number of rotatable bonds is 8. The van der Waals surface area contributed by atoms with Crippen LogP contribution in [0.5, 0.6) is 0 Å². The Morgan fingerprint density at radius 1 is 0.952 bits per heavy atom. The molecule has 2 aliphatic carbocycles. The minimum atomic E-state index is -0.357. The lowest BCUT2D eigenvalue weighted by atomic mass is 9.59. The molecule has 1 unspecified atom stereocenters. The zero-order valence-corrected chi connectivity index (χ0v) is 26.1. The minimum Gasteiger partial charge on any atom is -0.381 e. The quantitative estimate of drug-likeness (QED) is 0.407. The summed E-state index contributed by atoms with van der Waals surface area (Å²) in [6, 6.07) is 18.3. The first kappa shape index (κ1) is 29.7. The maximum atomic E-state index is 11.5. The Morgan fingerprint density at radius 2 is 1.64 bits per heavy atom. The fourth-order valence-electron chi connectivity index (χ4n) is 8.65. The number of ether oxygens (including phenoxy) is 1. The van der Waals surface area contributed by atoms with E-state index in [2.05, 4.69) is 64.9 Å². The summed E-state index contributed by atoms with van der Waals surface area (Å²) in [5, 5.41) is 0. The van der Waals surface area contributed by atoms with Crippen molar-refractivity contribution >= 4 is 11.6 Å². The van der Waals surface area contributed by atoms with Crippen molar-refractivity contribution in [2.75, 3.05) is 51.3 Å². The topological polar surface area (TPSA) is 62.0 Å². The molecule has 0 radical (unpaired) electrons. The molecular formula is C36H52N4O2. The van der Waals surface area contributed by atoms with Crippen LogP contribution in [0.1, 0.15) is 98.7 Å². The number of nitrogens with zero attached hydrogens (tertiary/aromatic N) is 3. The van der Waals surface area contributed by atoms with E-state index in [1.807, 2.05) is 19.2 Å². The van der Waals surface area contributed by atoms with Crippen molar-refractivity contribution in [3.8, 4) is 0 Å². The van der Waals surface area contributed by atoms with Crippen LogP contribution in [0.15, 0.2) is 48.5 Å².